The molecule has 0 aliphatic heterocycles. The van der Waals surface area contributed by atoms with Gasteiger partial charge in [-0.25, -0.2) is 0 Å². The van der Waals surface area contributed by atoms with Crippen LogP contribution in [-0.4, -0.2) is 36.7 Å². The summed E-state index contributed by atoms with van der Waals surface area (Å²) in [6.45, 7) is 6.26. The summed E-state index contributed by atoms with van der Waals surface area (Å²) in [4.78, 5) is 11.7. The first-order valence-corrected chi connectivity index (χ1v) is 6.18. The SMILES string of the molecule is CCOC(=O)C(C)(CC(C)SC)NC. The van der Waals surface area contributed by atoms with Gasteiger partial charge in [-0.05, 0) is 33.6 Å². The van der Waals surface area contributed by atoms with Crippen LogP contribution >= 0.6 is 11.8 Å². The van der Waals surface area contributed by atoms with E-state index in [-0.39, 0.29) is 5.97 Å². The van der Waals surface area contributed by atoms with Crippen LogP contribution in [0, 0.1) is 0 Å². The van der Waals surface area contributed by atoms with E-state index in [0.717, 1.165) is 6.42 Å². The topological polar surface area (TPSA) is 38.3 Å². The molecule has 0 spiro atoms. The number of nitrogens with one attached hydrogen (secondary N) is 1. The summed E-state index contributed by atoms with van der Waals surface area (Å²) in [6.07, 6.45) is 2.83. The Kier molecular flexibility index (Phi) is 6.20. The summed E-state index contributed by atoms with van der Waals surface area (Å²) in [5.41, 5.74) is -0.557. The van der Waals surface area contributed by atoms with E-state index in [9.17, 15) is 4.79 Å². The lowest BCUT2D eigenvalue weighted by Gasteiger charge is -2.28. The van der Waals surface area contributed by atoms with E-state index in [2.05, 4.69) is 12.2 Å². The lowest BCUT2D eigenvalue weighted by molar-refractivity contribution is -0.150. The van der Waals surface area contributed by atoms with E-state index in [1.807, 2.05) is 20.1 Å². The van der Waals surface area contributed by atoms with Crippen LogP contribution in [0.5, 0.6) is 0 Å². The second-order valence-corrected chi connectivity index (χ2v) is 4.83. The van der Waals surface area contributed by atoms with Gasteiger partial charge in [0.25, 0.3) is 0 Å². The van der Waals surface area contributed by atoms with Crippen LogP contribution in [0.3, 0.4) is 0 Å². The van der Waals surface area contributed by atoms with Gasteiger partial charge in [0, 0.05) is 5.25 Å². The molecule has 0 rings (SSSR count). The molecule has 3 nitrogen and oxygen atoms in total. The molecule has 0 amide bonds. The quantitative estimate of drug-likeness (QED) is 0.690. The van der Waals surface area contributed by atoms with Crippen LogP contribution in [0.25, 0.3) is 0 Å². The lowest BCUT2D eigenvalue weighted by atomic mass is 9.96. The molecule has 0 heterocycles. The molecule has 1 N–H and O–H groups in total. The minimum atomic E-state index is -0.557. The van der Waals surface area contributed by atoms with Crippen molar-refractivity contribution < 1.29 is 9.53 Å². The predicted octanol–water partition coefficient (Wildman–Crippen LogP) is 1.67. The van der Waals surface area contributed by atoms with E-state index in [1.165, 1.54) is 0 Å². The number of carbonyl (C=O) groups excluding carboxylic acids is 1. The third-order valence-corrected chi connectivity index (χ3v) is 3.35. The fourth-order valence-corrected chi connectivity index (χ4v) is 1.74. The van der Waals surface area contributed by atoms with Gasteiger partial charge in [0.15, 0.2) is 0 Å². The van der Waals surface area contributed by atoms with Crippen molar-refractivity contribution in [3.8, 4) is 0 Å². The van der Waals surface area contributed by atoms with E-state index in [1.54, 1.807) is 18.8 Å². The largest absolute Gasteiger partial charge is 0.465 e. The Bertz CT molecular complexity index is 187. The van der Waals surface area contributed by atoms with E-state index < -0.39 is 5.54 Å². The summed E-state index contributed by atoms with van der Waals surface area (Å²) < 4.78 is 5.03. The van der Waals surface area contributed by atoms with Crippen molar-refractivity contribution in [2.45, 2.75) is 38.0 Å². The van der Waals surface area contributed by atoms with Gasteiger partial charge in [0.2, 0.25) is 0 Å². The summed E-state index contributed by atoms with van der Waals surface area (Å²) in [5, 5.41) is 3.48. The summed E-state index contributed by atoms with van der Waals surface area (Å²) >= 11 is 1.75. The van der Waals surface area contributed by atoms with Gasteiger partial charge >= 0.3 is 5.97 Å². The molecule has 0 aliphatic rings. The number of likely N-dealkylation sites (N-methyl/N-ethyl adjacent to an activating group) is 1. The van der Waals surface area contributed by atoms with Crippen molar-refractivity contribution in [2.75, 3.05) is 19.9 Å². The van der Waals surface area contributed by atoms with Crippen LogP contribution in [-0.2, 0) is 9.53 Å². The number of carbonyl (C=O) groups is 1. The molecular weight excluding hydrogens is 198 g/mol. The Hall–Kier alpha value is -0.220. The average molecular weight is 219 g/mol. The molecular formula is C10H21NO2S. The number of hydrogen-bond acceptors (Lipinski definition) is 4. The maximum atomic E-state index is 11.7. The first kappa shape index (κ1) is 13.8. The molecule has 0 aromatic heterocycles. The fraction of sp³-hybridized carbons (Fsp3) is 0.900. The summed E-state index contributed by atoms with van der Waals surface area (Å²) in [5.74, 6) is -0.164. The van der Waals surface area contributed by atoms with Crippen molar-refractivity contribution in [3.05, 3.63) is 0 Å². The first-order valence-electron chi connectivity index (χ1n) is 4.89. The van der Waals surface area contributed by atoms with E-state index in [4.69, 9.17) is 4.74 Å². The molecule has 0 aromatic carbocycles. The molecule has 0 saturated carbocycles. The molecule has 0 aromatic rings. The summed E-state index contributed by atoms with van der Waals surface area (Å²) in [6, 6.07) is 0. The van der Waals surface area contributed by atoms with Crippen molar-refractivity contribution >= 4 is 17.7 Å². The van der Waals surface area contributed by atoms with Crippen LogP contribution in [0.4, 0.5) is 0 Å². The van der Waals surface area contributed by atoms with Crippen LogP contribution < -0.4 is 5.32 Å². The van der Waals surface area contributed by atoms with Crippen molar-refractivity contribution in [1.29, 1.82) is 0 Å². The van der Waals surface area contributed by atoms with Crippen molar-refractivity contribution in [2.24, 2.45) is 0 Å². The van der Waals surface area contributed by atoms with Gasteiger partial charge in [-0.1, -0.05) is 6.92 Å². The predicted molar refractivity (Wildman–Crippen MR) is 61.7 cm³/mol. The third kappa shape index (κ3) is 3.88. The van der Waals surface area contributed by atoms with Gasteiger partial charge in [0.05, 0.1) is 6.61 Å². The smallest absolute Gasteiger partial charge is 0.326 e. The Morgan fingerprint density at radius 2 is 2.21 bits per heavy atom. The first-order chi connectivity index (χ1) is 6.50. The van der Waals surface area contributed by atoms with Gasteiger partial charge < -0.3 is 10.1 Å². The van der Waals surface area contributed by atoms with Crippen molar-refractivity contribution in [1.82, 2.24) is 5.32 Å². The minimum absolute atomic E-state index is 0.164. The third-order valence-electron chi connectivity index (χ3n) is 2.38. The Morgan fingerprint density at radius 3 is 2.57 bits per heavy atom. The summed E-state index contributed by atoms with van der Waals surface area (Å²) in [7, 11) is 1.80. The highest BCUT2D eigenvalue weighted by atomic mass is 32.2. The Morgan fingerprint density at radius 1 is 1.64 bits per heavy atom. The normalized spacial score (nSPS) is 17.2. The number of hydrogen-bond donors (Lipinski definition) is 1. The Balaban J connectivity index is 4.37. The molecule has 0 radical (unpaired) electrons. The maximum Gasteiger partial charge on any atom is 0.326 e. The van der Waals surface area contributed by atoms with E-state index >= 15 is 0 Å². The fourth-order valence-electron chi connectivity index (χ4n) is 1.24. The van der Waals surface area contributed by atoms with Gasteiger partial charge in [0.1, 0.15) is 5.54 Å². The van der Waals surface area contributed by atoms with Crippen LogP contribution in [0.1, 0.15) is 27.2 Å². The highest BCUT2D eigenvalue weighted by molar-refractivity contribution is 7.99. The molecule has 4 heteroatoms. The maximum absolute atomic E-state index is 11.7. The zero-order valence-corrected chi connectivity index (χ0v) is 10.5. The number of rotatable bonds is 6. The number of esters is 1. The van der Waals surface area contributed by atoms with Gasteiger partial charge in [-0.3, -0.25) is 4.79 Å². The number of thioether (sulfide) groups is 1. The van der Waals surface area contributed by atoms with E-state index in [0.29, 0.717) is 11.9 Å². The molecule has 2 atom stereocenters. The molecule has 0 fully saturated rings. The average Bonchev–Trinajstić information content (AvgIpc) is 2.17. The zero-order valence-electron chi connectivity index (χ0n) is 9.72. The second kappa shape index (κ2) is 6.30. The Labute approximate surface area is 91.0 Å². The molecule has 84 valence electrons. The second-order valence-electron chi connectivity index (χ2n) is 3.55. The highest BCUT2D eigenvalue weighted by Gasteiger charge is 2.34. The zero-order chi connectivity index (χ0) is 11.2. The monoisotopic (exact) mass is 219 g/mol. The van der Waals surface area contributed by atoms with Crippen LogP contribution in [0.15, 0.2) is 0 Å². The van der Waals surface area contributed by atoms with Crippen molar-refractivity contribution in [3.63, 3.8) is 0 Å². The molecule has 0 saturated heterocycles. The molecule has 14 heavy (non-hydrogen) atoms. The lowest BCUT2D eigenvalue weighted by Crippen LogP contribution is -2.50. The highest BCUT2D eigenvalue weighted by Crippen LogP contribution is 2.20. The minimum Gasteiger partial charge on any atom is -0.465 e. The molecule has 0 bridgehead atoms. The molecule has 0 aliphatic carbocycles. The number of ether oxygens (including phenoxy) is 1. The van der Waals surface area contributed by atoms with Crippen LogP contribution in [0.2, 0.25) is 0 Å². The standard InChI is InChI=1S/C10H21NO2S/c1-6-13-9(12)10(3,11-4)7-8(2)14-5/h8,11H,6-7H2,1-5H3. The van der Waals surface area contributed by atoms with Gasteiger partial charge in [-0.2, -0.15) is 11.8 Å². The molecule has 2 unspecified atom stereocenters. The van der Waals surface area contributed by atoms with Gasteiger partial charge in [-0.15, -0.1) is 0 Å².